The first kappa shape index (κ1) is 22.3. The molecule has 0 radical (unpaired) electrons. The minimum Gasteiger partial charge on any atom is -0.340 e. The van der Waals surface area contributed by atoms with E-state index >= 15 is 0 Å². The molecule has 166 valence electrons. The Kier molecular flexibility index (Phi) is 7.39. The van der Waals surface area contributed by atoms with Crippen LogP contribution in [0.1, 0.15) is 54.5 Å². The van der Waals surface area contributed by atoms with E-state index in [0.717, 1.165) is 32.6 Å². The van der Waals surface area contributed by atoms with Crippen LogP contribution < -0.4 is 0 Å². The van der Waals surface area contributed by atoms with Gasteiger partial charge in [0.2, 0.25) is 5.91 Å². The fourth-order valence-corrected chi connectivity index (χ4v) is 4.59. The van der Waals surface area contributed by atoms with E-state index in [2.05, 4.69) is 104 Å². The van der Waals surface area contributed by atoms with Crippen LogP contribution >= 0.6 is 0 Å². The quantitative estimate of drug-likeness (QED) is 0.485. The summed E-state index contributed by atoms with van der Waals surface area (Å²) in [5.41, 5.74) is 5.21. The molecule has 0 atom stereocenters. The Morgan fingerprint density at radius 3 is 1.75 bits per heavy atom. The predicted molar refractivity (Wildman–Crippen MR) is 132 cm³/mol. The van der Waals surface area contributed by atoms with Crippen LogP contribution in [-0.4, -0.2) is 41.9 Å². The smallest absolute Gasteiger partial charge is 0.222 e. The summed E-state index contributed by atoms with van der Waals surface area (Å²) in [5.74, 6) is 0.811. The van der Waals surface area contributed by atoms with Crippen LogP contribution in [0, 0.1) is 0 Å². The maximum Gasteiger partial charge on any atom is 0.222 e. The number of carbonyl (C=O) groups excluding carboxylic acids is 1. The topological polar surface area (TPSA) is 23.6 Å². The van der Waals surface area contributed by atoms with E-state index in [4.69, 9.17) is 0 Å². The van der Waals surface area contributed by atoms with Crippen molar-refractivity contribution in [2.45, 2.75) is 38.6 Å². The third kappa shape index (κ3) is 5.46. The molecule has 0 unspecified atom stereocenters. The van der Waals surface area contributed by atoms with Crippen molar-refractivity contribution in [2.24, 2.45) is 0 Å². The van der Waals surface area contributed by atoms with Gasteiger partial charge in [-0.05, 0) is 34.6 Å². The van der Waals surface area contributed by atoms with Crippen LogP contribution in [0.3, 0.4) is 0 Å². The lowest BCUT2D eigenvalue weighted by molar-refractivity contribution is -0.133. The van der Waals surface area contributed by atoms with E-state index in [0.29, 0.717) is 12.3 Å². The van der Waals surface area contributed by atoms with Crippen LogP contribution in [0.25, 0.3) is 0 Å². The zero-order valence-electron chi connectivity index (χ0n) is 19.3. The Balaban J connectivity index is 1.35. The fraction of sp³-hybridized carbons (Fsp3) is 0.345. The van der Waals surface area contributed by atoms with E-state index in [9.17, 15) is 4.79 Å². The highest BCUT2D eigenvalue weighted by Crippen LogP contribution is 2.29. The van der Waals surface area contributed by atoms with Crippen molar-refractivity contribution >= 4 is 5.91 Å². The van der Waals surface area contributed by atoms with Crippen LogP contribution in [0.5, 0.6) is 0 Å². The second-order valence-electron chi connectivity index (χ2n) is 9.04. The molecule has 1 fully saturated rings. The largest absolute Gasteiger partial charge is 0.340 e. The molecule has 1 heterocycles. The number of nitrogens with zero attached hydrogens (tertiary/aromatic N) is 2. The second kappa shape index (κ2) is 10.6. The highest BCUT2D eigenvalue weighted by atomic mass is 16.2. The lowest BCUT2D eigenvalue weighted by atomic mass is 9.96. The molecule has 0 N–H and O–H groups in total. The summed E-state index contributed by atoms with van der Waals surface area (Å²) in [6, 6.07) is 30.4. The predicted octanol–water partition coefficient (Wildman–Crippen LogP) is 5.68. The normalized spacial score (nSPS) is 14.8. The Morgan fingerprint density at radius 1 is 0.719 bits per heavy atom. The second-order valence-corrected chi connectivity index (χ2v) is 9.04. The Bertz CT molecular complexity index is 935. The van der Waals surface area contributed by atoms with Gasteiger partial charge < -0.3 is 4.90 Å². The molecule has 0 aromatic heterocycles. The first-order chi connectivity index (χ1) is 15.6. The minimum absolute atomic E-state index is 0.231. The van der Waals surface area contributed by atoms with Crippen LogP contribution in [0.15, 0.2) is 84.9 Å². The molecule has 1 aliphatic heterocycles. The van der Waals surface area contributed by atoms with Crippen molar-refractivity contribution in [3.8, 4) is 0 Å². The van der Waals surface area contributed by atoms with E-state index in [-0.39, 0.29) is 11.9 Å². The summed E-state index contributed by atoms with van der Waals surface area (Å²) in [6.07, 6.45) is 1.40. The van der Waals surface area contributed by atoms with E-state index < -0.39 is 0 Å². The van der Waals surface area contributed by atoms with Crippen LogP contribution in [-0.2, 0) is 11.2 Å². The van der Waals surface area contributed by atoms with Gasteiger partial charge in [0.25, 0.3) is 0 Å². The van der Waals surface area contributed by atoms with Crippen molar-refractivity contribution in [3.63, 3.8) is 0 Å². The summed E-state index contributed by atoms with van der Waals surface area (Å²) in [7, 11) is 0. The number of hydrogen-bond acceptors (Lipinski definition) is 2. The fourth-order valence-electron chi connectivity index (χ4n) is 4.59. The SMILES string of the molecule is CC(C)c1ccc(CCC(=O)N2CCN(C(c3ccccc3)c3ccccc3)CC2)cc1. The number of benzene rings is 3. The molecule has 0 saturated carbocycles. The van der Waals surface area contributed by atoms with Gasteiger partial charge in [0.15, 0.2) is 0 Å². The zero-order chi connectivity index (χ0) is 22.3. The molecule has 3 nitrogen and oxygen atoms in total. The van der Waals surface area contributed by atoms with Crippen molar-refractivity contribution < 1.29 is 4.79 Å². The molecule has 4 rings (SSSR count). The summed E-state index contributed by atoms with van der Waals surface area (Å²) in [6.45, 7) is 7.78. The Labute approximate surface area is 192 Å². The van der Waals surface area contributed by atoms with Gasteiger partial charge in [-0.15, -0.1) is 0 Å². The van der Waals surface area contributed by atoms with Gasteiger partial charge in [-0.2, -0.15) is 0 Å². The lowest BCUT2D eigenvalue weighted by Gasteiger charge is -2.40. The number of hydrogen-bond donors (Lipinski definition) is 0. The van der Waals surface area contributed by atoms with Gasteiger partial charge in [0.05, 0.1) is 6.04 Å². The van der Waals surface area contributed by atoms with Crippen LogP contribution in [0.2, 0.25) is 0 Å². The maximum atomic E-state index is 12.9. The number of carbonyl (C=O) groups is 1. The van der Waals surface area contributed by atoms with Gasteiger partial charge >= 0.3 is 0 Å². The molecule has 0 aliphatic carbocycles. The number of amides is 1. The van der Waals surface area contributed by atoms with Gasteiger partial charge in [0, 0.05) is 32.6 Å². The average molecular weight is 427 g/mol. The summed E-state index contributed by atoms with van der Waals surface area (Å²) in [4.78, 5) is 17.4. The van der Waals surface area contributed by atoms with E-state index in [1.54, 1.807) is 0 Å². The molecular formula is C29H34N2O. The first-order valence-electron chi connectivity index (χ1n) is 11.8. The molecule has 0 bridgehead atoms. The lowest BCUT2D eigenvalue weighted by Crippen LogP contribution is -2.49. The molecule has 1 saturated heterocycles. The van der Waals surface area contributed by atoms with Gasteiger partial charge in [0.1, 0.15) is 0 Å². The third-order valence-electron chi connectivity index (χ3n) is 6.54. The highest BCUT2D eigenvalue weighted by molar-refractivity contribution is 5.76. The summed E-state index contributed by atoms with van der Waals surface area (Å²) in [5, 5.41) is 0. The van der Waals surface area contributed by atoms with Crippen molar-refractivity contribution in [1.29, 1.82) is 0 Å². The molecule has 32 heavy (non-hydrogen) atoms. The maximum absolute atomic E-state index is 12.9. The summed E-state index contributed by atoms with van der Waals surface area (Å²) < 4.78 is 0. The number of aryl methyl sites for hydroxylation is 1. The van der Waals surface area contributed by atoms with Crippen LogP contribution in [0.4, 0.5) is 0 Å². The molecule has 1 amide bonds. The molecule has 3 heteroatoms. The molecule has 3 aromatic carbocycles. The number of rotatable bonds is 7. The van der Waals surface area contributed by atoms with E-state index in [1.807, 2.05) is 4.90 Å². The van der Waals surface area contributed by atoms with Gasteiger partial charge in [-0.3, -0.25) is 9.69 Å². The minimum atomic E-state index is 0.231. The Hall–Kier alpha value is -2.91. The monoisotopic (exact) mass is 426 g/mol. The van der Waals surface area contributed by atoms with Gasteiger partial charge in [-0.1, -0.05) is 98.8 Å². The van der Waals surface area contributed by atoms with Crippen molar-refractivity contribution in [1.82, 2.24) is 9.80 Å². The molecule has 1 aliphatic rings. The average Bonchev–Trinajstić information content (AvgIpc) is 2.85. The standard InChI is InChI=1S/C29H34N2O/c1-23(2)25-16-13-24(14-17-25)15-18-28(32)30-19-21-31(22-20-30)29(26-9-5-3-6-10-26)27-11-7-4-8-12-27/h3-14,16-17,23,29H,15,18-22H2,1-2H3. The number of piperazine rings is 1. The first-order valence-corrected chi connectivity index (χ1v) is 11.8. The molecular weight excluding hydrogens is 392 g/mol. The Morgan fingerprint density at radius 2 is 1.25 bits per heavy atom. The molecule has 0 spiro atoms. The summed E-state index contributed by atoms with van der Waals surface area (Å²) >= 11 is 0. The zero-order valence-corrected chi connectivity index (χ0v) is 19.3. The van der Waals surface area contributed by atoms with E-state index in [1.165, 1.54) is 22.3 Å². The van der Waals surface area contributed by atoms with Crippen molar-refractivity contribution in [2.75, 3.05) is 26.2 Å². The van der Waals surface area contributed by atoms with Crippen molar-refractivity contribution in [3.05, 3.63) is 107 Å². The highest BCUT2D eigenvalue weighted by Gasteiger charge is 2.27. The van der Waals surface area contributed by atoms with Gasteiger partial charge in [-0.25, -0.2) is 0 Å². The third-order valence-corrected chi connectivity index (χ3v) is 6.54. The molecule has 3 aromatic rings.